The number of benzene rings is 2. The molecular formula is C16H14O3. The fraction of sp³-hybridized carbons (Fsp3) is 0.188. The molecule has 0 radical (unpaired) electrons. The van der Waals surface area contributed by atoms with Crippen molar-refractivity contribution in [3.8, 4) is 11.5 Å². The minimum atomic E-state index is -0.245. The largest absolute Gasteiger partial charge is 0.508 e. The molecule has 96 valence electrons. The van der Waals surface area contributed by atoms with Crippen molar-refractivity contribution >= 4 is 5.78 Å². The zero-order valence-electron chi connectivity index (χ0n) is 10.6. The van der Waals surface area contributed by atoms with Gasteiger partial charge in [-0.2, -0.15) is 0 Å². The van der Waals surface area contributed by atoms with E-state index in [9.17, 15) is 9.90 Å². The first-order valence-electron chi connectivity index (χ1n) is 6.23. The highest BCUT2D eigenvalue weighted by molar-refractivity contribution is 6.00. The Morgan fingerprint density at radius 1 is 1.16 bits per heavy atom. The number of rotatable bonds is 1. The molecule has 1 N–H and O–H groups in total. The molecule has 3 rings (SSSR count). The quantitative estimate of drug-likeness (QED) is 0.848. The molecule has 3 heteroatoms. The number of hydrogen-bond donors (Lipinski definition) is 1. The van der Waals surface area contributed by atoms with Crippen molar-refractivity contribution in [2.45, 2.75) is 19.4 Å². The zero-order valence-corrected chi connectivity index (χ0v) is 10.6. The molecule has 0 saturated heterocycles. The molecule has 0 bridgehead atoms. The number of aryl methyl sites for hydroxylation is 1. The van der Waals surface area contributed by atoms with Gasteiger partial charge in [0.15, 0.2) is 5.78 Å². The molecule has 1 atom stereocenters. The lowest BCUT2D eigenvalue weighted by molar-refractivity contribution is 0.0849. The topological polar surface area (TPSA) is 46.5 Å². The van der Waals surface area contributed by atoms with Gasteiger partial charge in [0.1, 0.15) is 17.6 Å². The molecule has 2 aromatic rings. The van der Waals surface area contributed by atoms with E-state index in [2.05, 4.69) is 0 Å². The summed E-state index contributed by atoms with van der Waals surface area (Å²) >= 11 is 0. The summed E-state index contributed by atoms with van der Waals surface area (Å²) in [5.74, 6) is 0.631. The van der Waals surface area contributed by atoms with Crippen LogP contribution >= 0.6 is 0 Å². The van der Waals surface area contributed by atoms with Gasteiger partial charge in [-0.1, -0.05) is 29.8 Å². The molecule has 19 heavy (non-hydrogen) atoms. The third-order valence-corrected chi connectivity index (χ3v) is 3.35. The van der Waals surface area contributed by atoms with E-state index >= 15 is 0 Å². The van der Waals surface area contributed by atoms with Crippen LogP contribution in [-0.4, -0.2) is 10.9 Å². The first-order chi connectivity index (χ1) is 9.13. The maximum Gasteiger partial charge on any atom is 0.170 e. The first kappa shape index (κ1) is 11.8. The second-order valence-electron chi connectivity index (χ2n) is 4.82. The number of phenolic OH excluding ortho intramolecular Hbond substituents is 1. The fourth-order valence-electron chi connectivity index (χ4n) is 2.28. The molecule has 0 saturated carbocycles. The Morgan fingerprint density at radius 3 is 2.63 bits per heavy atom. The third-order valence-electron chi connectivity index (χ3n) is 3.35. The molecule has 3 nitrogen and oxygen atoms in total. The minimum absolute atomic E-state index is 0.00252. The average molecular weight is 254 g/mol. The van der Waals surface area contributed by atoms with E-state index in [1.54, 1.807) is 6.07 Å². The van der Waals surface area contributed by atoms with Crippen LogP contribution in [0.4, 0.5) is 0 Å². The maximum atomic E-state index is 12.1. The molecule has 2 aromatic carbocycles. The number of hydrogen-bond acceptors (Lipinski definition) is 3. The maximum absolute atomic E-state index is 12.1. The minimum Gasteiger partial charge on any atom is -0.508 e. The van der Waals surface area contributed by atoms with Gasteiger partial charge < -0.3 is 9.84 Å². The van der Waals surface area contributed by atoms with E-state index < -0.39 is 0 Å². The Labute approximate surface area is 111 Å². The number of ether oxygens (including phenoxy) is 1. The van der Waals surface area contributed by atoms with Gasteiger partial charge in [-0.3, -0.25) is 4.79 Å². The molecule has 0 fully saturated rings. The Kier molecular flexibility index (Phi) is 2.75. The lowest BCUT2D eigenvalue weighted by Crippen LogP contribution is -2.20. The van der Waals surface area contributed by atoms with Crippen LogP contribution in [0.2, 0.25) is 0 Å². The lowest BCUT2D eigenvalue weighted by atomic mass is 9.96. The van der Waals surface area contributed by atoms with E-state index in [1.165, 1.54) is 17.7 Å². The highest BCUT2D eigenvalue weighted by Gasteiger charge is 2.27. The predicted molar refractivity (Wildman–Crippen MR) is 71.6 cm³/mol. The predicted octanol–water partition coefficient (Wildman–Crippen LogP) is 3.41. The number of phenols is 1. The zero-order chi connectivity index (χ0) is 13.4. The van der Waals surface area contributed by atoms with Crippen LogP contribution < -0.4 is 4.74 Å². The van der Waals surface area contributed by atoms with Gasteiger partial charge in [0.2, 0.25) is 0 Å². The van der Waals surface area contributed by atoms with Crippen molar-refractivity contribution in [3.63, 3.8) is 0 Å². The summed E-state index contributed by atoms with van der Waals surface area (Å²) in [4.78, 5) is 12.1. The number of aromatic hydroxyl groups is 1. The lowest BCUT2D eigenvalue weighted by Gasteiger charge is -2.25. The molecule has 1 aliphatic heterocycles. The Morgan fingerprint density at radius 2 is 1.89 bits per heavy atom. The standard InChI is InChI=1S/C16H14O3/c1-10-2-4-11(5-3-10)16-9-14(18)13-8-12(17)6-7-15(13)19-16/h2-8,16-17H,9H2,1H3. The van der Waals surface area contributed by atoms with E-state index in [1.807, 2.05) is 31.2 Å². The summed E-state index contributed by atoms with van der Waals surface area (Å²) in [6, 6.07) is 12.6. The third kappa shape index (κ3) is 2.19. The van der Waals surface area contributed by atoms with Crippen molar-refractivity contribution in [2.75, 3.05) is 0 Å². The van der Waals surface area contributed by atoms with Crippen molar-refractivity contribution < 1.29 is 14.6 Å². The summed E-state index contributed by atoms with van der Waals surface area (Å²) < 4.78 is 5.85. The van der Waals surface area contributed by atoms with Gasteiger partial charge in [-0.15, -0.1) is 0 Å². The molecule has 0 spiro atoms. The highest BCUT2D eigenvalue weighted by atomic mass is 16.5. The van der Waals surface area contributed by atoms with Crippen molar-refractivity contribution in [3.05, 3.63) is 59.2 Å². The van der Waals surface area contributed by atoms with E-state index in [-0.39, 0.29) is 17.6 Å². The normalized spacial score (nSPS) is 17.7. The van der Waals surface area contributed by atoms with Crippen LogP contribution in [0.15, 0.2) is 42.5 Å². The summed E-state index contributed by atoms with van der Waals surface area (Å²) in [6.07, 6.45) is 0.0598. The molecule has 1 aliphatic rings. The van der Waals surface area contributed by atoms with Gasteiger partial charge in [0, 0.05) is 0 Å². The van der Waals surface area contributed by atoms with Crippen LogP contribution in [0.3, 0.4) is 0 Å². The van der Waals surface area contributed by atoms with Gasteiger partial charge >= 0.3 is 0 Å². The van der Waals surface area contributed by atoms with Crippen molar-refractivity contribution in [2.24, 2.45) is 0 Å². The van der Waals surface area contributed by atoms with Gasteiger partial charge in [-0.05, 0) is 30.7 Å². The Hall–Kier alpha value is -2.29. The second-order valence-corrected chi connectivity index (χ2v) is 4.82. The van der Waals surface area contributed by atoms with E-state index in [0.717, 1.165) is 5.56 Å². The summed E-state index contributed by atoms with van der Waals surface area (Å²) in [7, 11) is 0. The smallest absolute Gasteiger partial charge is 0.170 e. The summed E-state index contributed by atoms with van der Waals surface area (Å²) in [5.41, 5.74) is 2.64. The monoisotopic (exact) mass is 254 g/mol. The Balaban J connectivity index is 1.95. The Bertz CT molecular complexity index is 629. The average Bonchev–Trinajstić information content (AvgIpc) is 2.40. The van der Waals surface area contributed by atoms with Crippen LogP contribution in [-0.2, 0) is 0 Å². The number of carbonyl (C=O) groups excluding carboxylic acids is 1. The fourth-order valence-corrected chi connectivity index (χ4v) is 2.28. The van der Waals surface area contributed by atoms with Crippen molar-refractivity contribution in [1.82, 2.24) is 0 Å². The SMILES string of the molecule is Cc1ccc(C2CC(=O)c3cc(O)ccc3O2)cc1. The summed E-state index contributed by atoms with van der Waals surface area (Å²) in [6.45, 7) is 2.02. The van der Waals surface area contributed by atoms with E-state index in [4.69, 9.17) is 4.74 Å². The van der Waals surface area contributed by atoms with Crippen LogP contribution in [0.25, 0.3) is 0 Å². The van der Waals surface area contributed by atoms with Gasteiger partial charge in [0.05, 0.1) is 12.0 Å². The second kappa shape index (κ2) is 4.43. The number of Topliss-reactive ketones (excluding diaryl/α,β-unsaturated/α-hetero) is 1. The van der Waals surface area contributed by atoms with Crippen molar-refractivity contribution in [1.29, 1.82) is 0 Å². The highest BCUT2D eigenvalue weighted by Crippen LogP contribution is 2.36. The number of fused-ring (bicyclic) bond motifs is 1. The summed E-state index contributed by atoms with van der Waals surface area (Å²) in [5, 5.41) is 9.41. The van der Waals surface area contributed by atoms with Crippen LogP contribution in [0, 0.1) is 6.92 Å². The molecular weight excluding hydrogens is 240 g/mol. The molecule has 0 aliphatic carbocycles. The number of carbonyl (C=O) groups is 1. The van der Waals surface area contributed by atoms with E-state index in [0.29, 0.717) is 17.7 Å². The van der Waals surface area contributed by atoms with Gasteiger partial charge in [-0.25, -0.2) is 0 Å². The van der Waals surface area contributed by atoms with Crippen LogP contribution in [0.1, 0.15) is 34.0 Å². The first-order valence-corrected chi connectivity index (χ1v) is 6.23. The van der Waals surface area contributed by atoms with Gasteiger partial charge in [0.25, 0.3) is 0 Å². The molecule has 0 aromatic heterocycles. The molecule has 1 heterocycles. The number of ketones is 1. The molecule has 0 amide bonds. The van der Waals surface area contributed by atoms with Crippen LogP contribution in [0.5, 0.6) is 11.5 Å². The molecule has 1 unspecified atom stereocenters.